The fourth-order valence-corrected chi connectivity index (χ4v) is 3.48. The third kappa shape index (κ3) is 6.72. The number of rotatable bonds is 9. The zero-order chi connectivity index (χ0) is 21.9. The molecule has 0 bridgehead atoms. The van der Waals surface area contributed by atoms with Crippen molar-refractivity contribution in [3.8, 4) is 5.75 Å². The number of piperazine rings is 1. The highest BCUT2D eigenvalue weighted by Crippen LogP contribution is 2.20. The standard InChI is InChI=1S/C24H34N6O/c1-4-17-31-22-11-7-6-9-20(22)18-27-24(25-5-2)28-19-21-10-8-12-26-23(21)30-15-13-29(3)14-16-30/h4,6-12H,1,5,13-19H2,2-3H3,(H2,25,27,28). The Bertz CT molecular complexity index is 861. The number of benzene rings is 1. The molecular formula is C24H34N6O. The summed E-state index contributed by atoms with van der Waals surface area (Å²) in [5.74, 6) is 2.67. The van der Waals surface area contributed by atoms with Crippen LogP contribution >= 0.6 is 0 Å². The molecule has 1 aliphatic heterocycles. The van der Waals surface area contributed by atoms with Gasteiger partial charge in [-0.25, -0.2) is 9.98 Å². The number of aliphatic imine (C=N–C) groups is 1. The quantitative estimate of drug-likeness (QED) is 0.368. The molecule has 1 aliphatic rings. The van der Waals surface area contributed by atoms with Crippen molar-refractivity contribution in [1.82, 2.24) is 20.5 Å². The van der Waals surface area contributed by atoms with Crippen molar-refractivity contribution in [2.75, 3.05) is 51.3 Å². The molecule has 1 saturated heterocycles. The molecule has 0 radical (unpaired) electrons. The van der Waals surface area contributed by atoms with Gasteiger partial charge in [-0.3, -0.25) is 0 Å². The minimum Gasteiger partial charge on any atom is -0.489 e. The highest BCUT2D eigenvalue weighted by atomic mass is 16.5. The number of anilines is 1. The number of nitrogens with one attached hydrogen (secondary N) is 2. The van der Waals surface area contributed by atoms with Crippen LogP contribution < -0.4 is 20.3 Å². The fourth-order valence-electron chi connectivity index (χ4n) is 3.48. The van der Waals surface area contributed by atoms with Gasteiger partial charge < -0.3 is 25.2 Å². The first kappa shape index (κ1) is 22.6. The molecule has 7 nitrogen and oxygen atoms in total. The number of para-hydroxylation sites is 1. The van der Waals surface area contributed by atoms with Crippen molar-refractivity contribution in [2.24, 2.45) is 4.99 Å². The number of ether oxygens (including phenoxy) is 1. The average Bonchev–Trinajstić information content (AvgIpc) is 2.81. The van der Waals surface area contributed by atoms with Crippen LogP contribution in [-0.2, 0) is 13.1 Å². The predicted octanol–water partition coefficient (Wildman–Crippen LogP) is 2.65. The minimum absolute atomic E-state index is 0.481. The summed E-state index contributed by atoms with van der Waals surface area (Å²) >= 11 is 0. The van der Waals surface area contributed by atoms with Crippen LogP contribution in [0.2, 0.25) is 0 Å². The Kier molecular flexibility index (Phi) is 8.72. The summed E-state index contributed by atoms with van der Waals surface area (Å²) in [6.45, 7) is 12.4. The summed E-state index contributed by atoms with van der Waals surface area (Å²) in [5, 5.41) is 6.79. The fraction of sp³-hybridized carbons (Fsp3) is 0.417. The van der Waals surface area contributed by atoms with Gasteiger partial charge in [0.15, 0.2) is 5.96 Å². The molecule has 1 aromatic carbocycles. The van der Waals surface area contributed by atoms with Crippen LogP contribution in [0.3, 0.4) is 0 Å². The normalized spacial score (nSPS) is 14.9. The first-order valence-electron chi connectivity index (χ1n) is 10.9. The van der Waals surface area contributed by atoms with E-state index in [0.29, 0.717) is 19.7 Å². The molecule has 31 heavy (non-hydrogen) atoms. The number of nitrogens with zero attached hydrogens (tertiary/aromatic N) is 4. The van der Waals surface area contributed by atoms with Gasteiger partial charge in [-0.15, -0.1) is 0 Å². The zero-order valence-corrected chi connectivity index (χ0v) is 18.7. The summed E-state index contributed by atoms with van der Waals surface area (Å²) in [6, 6.07) is 12.1. The maximum atomic E-state index is 5.75. The van der Waals surface area contributed by atoms with E-state index in [0.717, 1.165) is 55.8 Å². The summed E-state index contributed by atoms with van der Waals surface area (Å²) in [7, 11) is 2.16. The van der Waals surface area contributed by atoms with Gasteiger partial charge in [-0.2, -0.15) is 0 Å². The van der Waals surface area contributed by atoms with Crippen LogP contribution in [0, 0.1) is 0 Å². The van der Waals surface area contributed by atoms with Gasteiger partial charge in [-0.1, -0.05) is 36.9 Å². The van der Waals surface area contributed by atoms with Crippen LogP contribution in [-0.4, -0.2) is 62.2 Å². The summed E-state index contributed by atoms with van der Waals surface area (Å²) in [5.41, 5.74) is 2.22. The molecule has 0 amide bonds. The lowest BCUT2D eigenvalue weighted by Crippen LogP contribution is -2.45. The molecule has 0 spiro atoms. The summed E-state index contributed by atoms with van der Waals surface area (Å²) < 4.78 is 5.75. The molecule has 2 heterocycles. The van der Waals surface area contributed by atoms with Gasteiger partial charge in [0.05, 0.1) is 6.54 Å². The lowest BCUT2D eigenvalue weighted by Gasteiger charge is -2.34. The Morgan fingerprint density at radius 1 is 1.13 bits per heavy atom. The zero-order valence-electron chi connectivity index (χ0n) is 18.7. The second kappa shape index (κ2) is 12.0. The third-order valence-electron chi connectivity index (χ3n) is 5.20. The Labute approximate surface area is 185 Å². The van der Waals surface area contributed by atoms with Crippen LogP contribution in [0.5, 0.6) is 5.75 Å². The molecule has 0 atom stereocenters. The highest BCUT2D eigenvalue weighted by Gasteiger charge is 2.18. The Balaban J connectivity index is 1.67. The molecule has 1 aromatic heterocycles. The van der Waals surface area contributed by atoms with E-state index in [2.05, 4.69) is 52.0 Å². The number of hydrogen-bond donors (Lipinski definition) is 2. The van der Waals surface area contributed by atoms with Gasteiger partial charge in [0.2, 0.25) is 0 Å². The molecule has 7 heteroatoms. The molecule has 0 aliphatic carbocycles. The van der Waals surface area contributed by atoms with Crippen LogP contribution in [0.15, 0.2) is 60.2 Å². The van der Waals surface area contributed by atoms with Crippen molar-refractivity contribution >= 4 is 11.8 Å². The molecule has 3 rings (SSSR count). The molecule has 2 aromatic rings. The lowest BCUT2D eigenvalue weighted by atomic mass is 10.2. The molecule has 2 N–H and O–H groups in total. The van der Waals surface area contributed by atoms with E-state index in [1.807, 2.05) is 36.5 Å². The van der Waals surface area contributed by atoms with Gasteiger partial charge in [0.25, 0.3) is 0 Å². The first-order chi connectivity index (χ1) is 15.2. The Morgan fingerprint density at radius 3 is 2.68 bits per heavy atom. The number of hydrogen-bond acceptors (Lipinski definition) is 5. The van der Waals surface area contributed by atoms with Crippen molar-refractivity contribution in [2.45, 2.75) is 20.0 Å². The van der Waals surface area contributed by atoms with E-state index in [1.54, 1.807) is 6.08 Å². The highest BCUT2D eigenvalue weighted by molar-refractivity contribution is 5.80. The van der Waals surface area contributed by atoms with E-state index in [1.165, 1.54) is 5.56 Å². The van der Waals surface area contributed by atoms with Gasteiger partial charge in [0, 0.05) is 56.6 Å². The van der Waals surface area contributed by atoms with Crippen LogP contribution in [0.4, 0.5) is 5.82 Å². The van der Waals surface area contributed by atoms with Crippen molar-refractivity contribution in [1.29, 1.82) is 0 Å². The summed E-state index contributed by atoms with van der Waals surface area (Å²) in [4.78, 5) is 14.2. The maximum absolute atomic E-state index is 5.75. The Hall–Kier alpha value is -3.06. The van der Waals surface area contributed by atoms with Crippen LogP contribution in [0.1, 0.15) is 18.1 Å². The van der Waals surface area contributed by atoms with E-state index in [-0.39, 0.29) is 0 Å². The average molecular weight is 423 g/mol. The summed E-state index contributed by atoms with van der Waals surface area (Å²) in [6.07, 6.45) is 3.62. The molecule has 166 valence electrons. The molecule has 0 saturated carbocycles. The van der Waals surface area contributed by atoms with Crippen molar-refractivity contribution < 1.29 is 4.74 Å². The van der Waals surface area contributed by atoms with Crippen LogP contribution in [0.25, 0.3) is 0 Å². The number of guanidine groups is 1. The lowest BCUT2D eigenvalue weighted by molar-refractivity contribution is 0.312. The van der Waals surface area contributed by atoms with E-state index in [9.17, 15) is 0 Å². The number of likely N-dealkylation sites (N-methyl/N-ethyl adjacent to an activating group) is 1. The topological polar surface area (TPSA) is 65.0 Å². The third-order valence-corrected chi connectivity index (χ3v) is 5.20. The largest absolute Gasteiger partial charge is 0.489 e. The molecule has 0 unspecified atom stereocenters. The van der Waals surface area contributed by atoms with E-state index >= 15 is 0 Å². The second-order valence-corrected chi connectivity index (χ2v) is 7.53. The van der Waals surface area contributed by atoms with E-state index < -0.39 is 0 Å². The minimum atomic E-state index is 0.481. The molecule has 1 fully saturated rings. The van der Waals surface area contributed by atoms with Gasteiger partial charge in [-0.05, 0) is 26.1 Å². The Morgan fingerprint density at radius 2 is 1.90 bits per heavy atom. The van der Waals surface area contributed by atoms with Crippen molar-refractivity contribution in [3.05, 3.63) is 66.4 Å². The van der Waals surface area contributed by atoms with Gasteiger partial charge >= 0.3 is 0 Å². The first-order valence-corrected chi connectivity index (χ1v) is 10.9. The second-order valence-electron chi connectivity index (χ2n) is 7.53. The van der Waals surface area contributed by atoms with Crippen molar-refractivity contribution in [3.63, 3.8) is 0 Å². The monoisotopic (exact) mass is 422 g/mol. The number of pyridine rings is 1. The predicted molar refractivity (Wildman–Crippen MR) is 128 cm³/mol. The van der Waals surface area contributed by atoms with Gasteiger partial charge in [0.1, 0.15) is 18.2 Å². The van der Waals surface area contributed by atoms with E-state index in [4.69, 9.17) is 9.73 Å². The smallest absolute Gasteiger partial charge is 0.191 e. The number of aromatic nitrogens is 1. The molecular weight excluding hydrogens is 388 g/mol. The maximum Gasteiger partial charge on any atom is 0.191 e. The SMILES string of the molecule is C=CCOc1ccccc1CN=C(NCC)NCc1cccnc1N1CCN(C)CC1.